The smallest absolute Gasteiger partial charge is 0.303 e. The Labute approximate surface area is 124 Å². The fraction of sp³-hybridized carbons (Fsp3) is 0.533. The molecule has 0 aliphatic carbocycles. The van der Waals surface area contributed by atoms with Gasteiger partial charge in [0, 0.05) is 18.7 Å². The van der Waals surface area contributed by atoms with Crippen LogP contribution in [-0.4, -0.2) is 28.5 Å². The molecule has 1 aromatic heterocycles. The molecule has 0 saturated heterocycles. The van der Waals surface area contributed by atoms with Crippen molar-refractivity contribution in [2.45, 2.75) is 39.0 Å². The van der Waals surface area contributed by atoms with Crippen molar-refractivity contribution in [2.24, 2.45) is 5.92 Å². The van der Waals surface area contributed by atoms with Gasteiger partial charge in [-0.1, -0.05) is 13.3 Å². The minimum absolute atomic E-state index is 0.0830. The van der Waals surface area contributed by atoms with Gasteiger partial charge >= 0.3 is 5.97 Å². The van der Waals surface area contributed by atoms with Crippen LogP contribution in [0.4, 0.5) is 5.69 Å². The van der Waals surface area contributed by atoms with E-state index in [0.717, 1.165) is 12.8 Å². The second-order valence-electron chi connectivity index (χ2n) is 5.10. The number of rotatable bonds is 9. The number of carboxylic acids is 1. The first-order chi connectivity index (χ1) is 10.0. The number of nitrogens with zero attached hydrogens (tertiary/aromatic N) is 1. The molecule has 1 unspecified atom stereocenters. The molecular formula is C15H23N3O3. The number of nitrogens with two attached hydrogens (primary N) is 1. The summed E-state index contributed by atoms with van der Waals surface area (Å²) in [6.45, 7) is 2.60. The number of hydrogen-bond donors (Lipinski definition) is 3. The summed E-state index contributed by atoms with van der Waals surface area (Å²) in [5, 5.41) is 11.5. The molecule has 1 amide bonds. The lowest BCUT2D eigenvalue weighted by Crippen LogP contribution is -2.27. The highest BCUT2D eigenvalue weighted by molar-refractivity contribution is 5.78. The second-order valence-corrected chi connectivity index (χ2v) is 5.10. The van der Waals surface area contributed by atoms with Gasteiger partial charge in [-0.25, -0.2) is 0 Å². The zero-order valence-electron chi connectivity index (χ0n) is 12.3. The monoisotopic (exact) mass is 293 g/mol. The number of anilines is 1. The summed E-state index contributed by atoms with van der Waals surface area (Å²) in [6, 6.07) is 3.45. The minimum Gasteiger partial charge on any atom is -0.481 e. The Balaban J connectivity index is 2.25. The summed E-state index contributed by atoms with van der Waals surface area (Å²) in [6.07, 6.45) is 4.31. The number of nitrogen functional groups attached to an aromatic ring is 1. The summed E-state index contributed by atoms with van der Waals surface area (Å²) in [5.74, 6) is -0.525. The third kappa shape index (κ3) is 7.29. The van der Waals surface area contributed by atoms with Gasteiger partial charge in [-0.3, -0.25) is 14.6 Å². The molecular weight excluding hydrogens is 270 g/mol. The molecule has 1 aromatic rings. The quantitative estimate of drug-likeness (QED) is 0.641. The molecule has 0 aliphatic heterocycles. The van der Waals surface area contributed by atoms with E-state index in [9.17, 15) is 9.59 Å². The van der Waals surface area contributed by atoms with E-state index in [-0.39, 0.29) is 18.7 Å². The lowest BCUT2D eigenvalue weighted by atomic mass is 9.96. The van der Waals surface area contributed by atoms with Crippen molar-refractivity contribution in [3.05, 3.63) is 24.0 Å². The van der Waals surface area contributed by atoms with Crippen LogP contribution in [0, 0.1) is 5.92 Å². The first kappa shape index (κ1) is 16.9. The van der Waals surface area contributed by atoms with Gasteiger partial charge in [0.2, 0.25) is 5.91 Å². The van der Waals surface area contributed by atoms with Crippen molar-refractivity contribution in [3.63, 3.8) is 0 Å². The number of carbonyl (C=O) groups excluding carboxylic acids is 1. The van der Waals surface area contributed by atoms with Crippen LogP contribution in [0.2, 0.25) is 0 Å². The lowest BCUT2D eigenvalue weighted by molar-refractivity contribution is -0.137. The molecule has 6 nitrogen and oxygen atoms in total. The van der Waals surface area contributed by atoms with Gasteiger partial charge in [0.1, 0.15) is 0 Å². The van der Waals surface area contributed by atoms with E-state index in [0.29, 0.717) is 30.3 Å². The lowest BCUT2D eigenvalue weighted by Gasteiger charge is -2.14. The summed E-state index contributed by atoms with van der Waals surface area (Å²) in [5.41, 5.74) is 6.78. The molecule has 0 aliphatic rings. The highest BCUT2D eigenvalue weighted by atomic mass is 16.4. The van der Waals surface area contributed by atoms with E-state index >= 15 is 0 Å². The molecule has 1 atom stereocenters. The number of nitrogens with one attached hydrogen (secondary N) is 1. The minimum atomic E-state index is -0.771. The first-order valence-electron chi connectivity index (χ1n) is 7.20. The van der Waals surface area contributed by atoms with Crippen molar-refractivity contribution in [1.82, 2.24) is 10.3 Å². The van der Waals surface area contributed by atoms with Gasteiger partial charge < -0.3 is 16.2 Å². The normalized spacial score (nSPS) is 11.9. The van der Waals surface area contributed by atoms with Crippen molar-refractivity contribution < 1.29 is 14.7 Å². The van der Waals surface area contributed by atoms with E-state index in [1.54, 1.807) is 12.1 Å². The molecule has 0 radical (unpaired) electrons. The Morgan fingerprint density at radius 3 is 2.71 bits per heavy atom. The third-order valence-electron chi connectivity index (χ3n) is 3.41. The van der Waals surface area contributed by atoms with Gasteiger partial charge in [0.15, 0.2) is 0 Å². The Hall–Kier alpha value is -2.11. The van der Waals surface area contributed by atoms with E-state index in [1.807, 2.05) is 6.92 Å². The molecule has 1 rings (SSSR count). The maximum Gasteiger partial charge on any atom is 0.303 e. The van der Waals surface area contributed by atoms with Crippen molar-refractivity contribution in [2.75, 3.05) is 12.3 Å². The molecule has 0 spiro atoms. The molecule has 1 heterocycles. The van der Waals surface area contributed by atoms with Crippen LogP contribution >= 0.6 is 0 Å². The van der Waals surface area contributed by atoms with Crippen LogP contribution in [0.1, 0.15) is 38.3 Å². The van der Waals surface area contributed by atoms with E-state index < -0.39 is 5.97 Å². The zero-order chi connectivity index (χ0) is 15.7. The molecule has 0 aromatic carbocycles. The standard InChI is InChI=1S/C15H23N3O3/c1-2-11(3-6-15(20)21)7-8-17-14(19)9-13-5-4-12(16)10-18-13/h4-5,10-11H,2-3,6-9,16H2,1H3,(H,17,19)(H,20,21). The Bertz CT molecular complexity index is 460. The predicted octanol–water partition coefficient (Wildman–Crippen LogP) is 1.60. The molecule has 21 heavy (non-hydrogen) atoms. The van der Waals surface area contributed by atoms with Crippen molar-refractivity contribution >= 4 is 17.6 Å². The zero-order valence-corrected chi connectivity index (χ0v) is 12.3. The van der Waals surface area contributed by atoms with Crippen LogP contribution < -0.4 is 11.1 Å². The maximum absolute atomic E-state index is 11.8. The van der Waals surface area contributed by atoms with Gasteiger partial charge in [0.25, 0.3) is 0 Å². The fourth-order valence-corrected chi connectivity index (χ4v) is 2.06. The van der Waals surface area contributed by atoms with Gasteiger partial charge in [-0.2, -0.15) is 0 Å². The summed E-state index contributed by atoms with van der Waals surface area (Å²) in [7, 11) is 0. The van der Waals surface area contributed by atoms with E-state index in [1.165, 1.54) is 6.20 Å². The number of pyridine rings is 1. The Kier molecular flexibility index (Phi) is 7.21. The van der Waals surface area contributed by atoms with Crippen molar-refractivity contribution in [1.29, 1.82) is 0 Å². The van der Waals surface area contributed by atoms with Crippen LogP contribution in [0.15, 0.2) is 18.3 Å². The number of carbonyl (C=O) groups is 2. The summed E-state index contributed by atoms with van der Waals surface area (Å²) < 4.78 is 0. The number of aromatic nitrogens is 1. The highest BCUT2D eigenvalue weighted by Crippen LogP contribution is 2.14. The van der Waals surface area contributed by atoms with E-state index in [2.05, 4.69) is 10.3 Å². The highest BCUT2D eigenvalue weighted by Gasteiger charge is 2.10. The molecule has 4 N–H and O–H groups in total. The maximum atomic E-state index is 11.8. The van der Waals surface area contributed by atoms with E-state index in [4.69, 9.17) is 10.8 Å². The second kappa shape index (κ2) is 8.94. The fourth-order valence-electron chi connectivity index (χ4n) is 2.06. The Morgan fingerprint density at radius 1 is 1.38 bits per heavy atom. The largest absolute Gasteiger partial charge is 0.481 e. The summed E-state index contributed by atoms with van der Waals surface area (Å²) >= 11 is 0. The molecule has 0 saturated carbocycles. The summed E-state index contributed by atoms with van der Waals surface area (Å²) in [4.78, 5) is 26.4. The van der Waals surface area contributed by atoms with Crippen LogP contribution in [-0.2, 0) is 16.0 Å². The van der Waals surface area contributed by atoms with Crippen molar-refractivity contribution in [3.8, 4) is 0 Å². The average Bonchev–Trinajstić information content (AvgIpc) is 2.45. The number of carboxylic acid groups (broad SMARTS) is 1. The number of amides is 1. The number of hydrogen-bond acceptors (Lipinski definition) is 4. The SMILES string of the molecule is CCC(CCNC(=O)Cc1ccc(N)cn1)CCC(=O)O. The van der Waals surface area contributed by atoms with Crippen LogP contribution in [0.5, 0.6) is 0 Å². The van der Waals surface area contributed by atoms with Crippen LogP contribution in [0.25, 0.3) is 0 Å². The van der Waals surface area contributed by atoms with Gasteiger partial charge in [-0.15, -0.1) is 0 Å². The van der Waals surface area contributed by atoms with Crippen LogP contribution in [0.3, 0.4) is 0 Å². The molecule has 0 fully saturated rings. The van der Waals surface area contributed by atoms with Gasteiger partial charge in [-0.05, 0) is 30.9 Å². The molecule has 116 valence electrons. The molecule has 0 bridgehead atoms. The topological polar surface area (TPSA) is 105 Å². The average molecular weight is 293 g/mol. The third-order valence-corrected chi connectivity index (χ3v) is 3.41. The Morgan fingerprint density at radius 2 is 2.14 bits per heavy atom. The number of aliphatic carboxylic acids is 1. The first-order valence-corrected chi connectivity index (χ1v) is 7.20. The molecule has 6 heteroatoms. The van der Waals surface area contributed by atoms with Gasteiger partial charge in [0.05, 0.1) is 18.3 Å². The predicted molar refractivity (Wildman–Crippen MR) is 80.6 cm³/mol.